The van der Waals surface area contributed by atoms with Gasteiger partial charge in [-0.25, -0.2) is 4.98 Å². The molecule has 0 aliphatic carbocycles. The van der Waals surface area contributed by atoms with Gasteiger partial charge in [0.15, 0.2) is 0 Å². The minimum atomic E-state index is 0.455. The number of rotatable bonds is 2. The van der Waals surface area contributed by atoms with E-state index in [0.717, 1.165) is 25.3 Å². The molecule has 1 aliphatic heterocycles. The van der Waals surface area contributed by atoms with E-state index < -0.39 is 0 Å². The quantitative estimate of drug-likeness (QED) is 0.779. The molecule has 1 N–H and O–H groups in total. The van der Waals surface area contributed by atoms with Gasteiger partial charge in [0.1, 0.15) is 17.6 Å². The standard InChI is InChI=1S/C11H14N4/c1-15-6-5-10(8-15)14-11-4-2-3-9(7-12)13-11/h2-4,10H,5-6,8H2,1H3,(H,13,14). The Morgan fingerprint density at radius 2 is 2.47 bits per heavy atom. The maximum Gasteiger partial charge on any atom is 0.142 e. The molecule has 0 bridgehead atoms. The van der Waals surface area contributed by atoms with Crippen molar-refractivity contribution in [1.82, 2.24) is 9.88 Å². The predicted octanol–water partition coefficient (Wildman–Crippen LogP) is 1.07. The largest absolute Gasteiger partial charge is 0.366 e. The number of nitrogens with one attached hydrogen (secondary N) is 1. The van der Waals surface area contributed by atoms with Crippen molar-refractivity contribution < 1.29 is 0 Å². The third kappa shape index (κ3) is 2.45. The minimum absolute atomic E-state index is 0.455. The van der Waals surface area contributed by atoms with Gasteiger partial charge in [0.2, 0.25) is 0 Å². The first-order valence-corrected chi connectivity index (χ1v) is 5.10. The molecule has 0 spiro atoms. The molecule has 1 aliphatic rings. The zero-order chi connectivity index (χ0) is 10.7. The number of hydrogen-bond acceptors (Lipinski definition) is 4. The number of nitrogens with zero attached hydrogens (tertiary/aromatic N) is 3. The lowest BCUT2D eigenvalue weighted by atomic mass is 10.2. The monoisotopic (exact) mass is 202 g/mol. The van der Waals surface area contributed by atoms with Crippen molar-refractivity contribution >= 4 is 5.82 Å². The number of pyridine rings is 1. The molecule has 1 saturated heterocycles. The Hall–Kier alpha value is -1.60. The summed E-state index contributed by atoms with van der Waals surface area (Å²) in [6.45, 7) is 2.16. The van der Waals surface area contributed by atoms with Crippen molar-refractivity contribution in [3.63, 3.8) is 0 Å². The van der Waals surface area contributed by atoms with E-state index in [1.165, 1.54) is 0 Å². The van der Waals surface area contributed by atoms with Crippen LogP contribution in [-0.4, -0.2) is 36.1 Å². The Bertz CT molecular complexity index is 382. The molecule has 2 rings (SSSR count). The zero-order valence-electron chi connectivity index (χ0n) is 8.77. The van der Waals surface area contributed by atoms with Crippen LogP contribution >= 0.6 is 0 Å². The van der Waals surface area contributed by atoms with Crippen LogP contribution in [-0.2, 0) is 0 Å². The molecule has 4 nitrogen and oxygen atoms in total. The summed E-state index contributed by atoms with van der Waals surface area (Å²) in [5.74, 6) is 0.800. The van der Waals surface area contributed by atoms with E-state index in [9.17, 15) is 0 Å². The molecule has 1 fully saturated rings. The predicted molar refractivity (Wildman–Crippen MR) is 58.5 cm³/mol. The van der Waals surface area contributed by atoms with E-state index in [0.29, 0.717) is 11.7 Å². The van der Waals surface area contributed by atoms with Crippen molar-refractivity contribution in [3.8, 4) is 6.07 Å². The summed E-state index contributed by atoms with van der Waals surface area (Å²) < 4.78 is 0. The third-order valence-corrected chi connectivity index (χ3v) is 2.61. The van der Waals surface area contributed by atoms with Gasteiger partial charge in [-0.2, -0.15) is 5.26 Å². The maximum atomic E-state index is 8.72. The fourth-order valence-electron chi connectivity index (χ4n) is 1.84. The van der Waals surface area contributed by atoms with Gasteiger partial charge in [-0.3, -0.25) is 0 Å². The van der Waals surface area contributed by atoms with Gasteiger partial charge in [-0.1, -0.05) is 6.07 Å². The molecule has 1 aromatic heterocycles. The minimum Gasteiger partial charge on any atom is -0.366 e. The van der Waals surface area contributed by atoms with Gasteiger partial charge in [-0.15, -0.1) is 0 Å². The molecule has 78 valence electrons. The summed E-state index contributed by atoms with van der Waals surface area (Å²) in [7, 11) is 2.11. The van der Waals surface area contributed by atoms with Crippen molar-refractivity contribution in [1.29, 1.82) is 5.26 Å². The summed E-state index contributed by atoms with van der Waals surface area (Å²) in [6, 6.07) is 7.96. The van der Waals surface area contributed by atoms with Crippen LogP contribution in [0.25, 0.3) is 0 Å². The van der Waals surface area contributed by atoms with Gasteiger partial charge >= 0.3 is 0 Å². The van der Waals surface area contributed by atoms with Gasteiger partial charge in [0.25, 0.3) is 0 Å². The van der Waals surface area contributed by atoms with Crippen LogP contribution in [0.4, 0.5) is 5.82 Å². The third-order valence-electron chi connectivity index (χ3n) is 2.61. The summed E-state index contributed by atoms with van der Waals surface area (Å²) in [6.07, 6.45) is 1.13. The molecule has 15 heavy (non-hydrogen) atoms. The number of anilines is 1. The second-order valence-corrected chi connectivity index (χ2v) is 3.91. The lowest BCUT2D eigenvalue weighted by Gasteiger charge is -2.13. The average molecular weight is 202 g/mol. The molecule has 2 heterocycles. The Morgan fingerprint density at radius 3 is 3.13 bits per heavy atom. The fraction of sp³-hybridized carbons (Fsp3) is 0.455. The molecule has 1 unspecified atom stereocenters. The SMILES string of the molecule is CN1CCC(Nc2cccc(C#N)n2)C1. The Kier molecular flexibility index (Phi) is 2.84. The Balaban J connectivity index is 2.02. The molecule has 1 aromatic rings. The number of likely N-dealkylation sites (N-methyl/N-ethyl adjacent to an activating group) is 1. The van der Waals surface area contributed by atoms with Gasteiger partial charge < -0.3 is 10.2 Å². The van der Waals surface area contributed by atoms with E-state index in [1.54, 1.807) is 6.07 Å². The second-order valence-electron chi connectivity index (χ2n) is 3.91. The summed E-state index contributed by atoms with van der Waals surface area (Å²) >= 11 is 0. The second kappa shape index (κ2) is 4.28. The first-order valence-electron chi connectivity index (χ1n) is 5.10. The van der Waals surface area contributed by atoms with Crippen LogP contribution in [0, 0.1) is 11.3 Å². The van der Waals surface area contributed by atoms with Gasteiger partial charge in [-0.05, 0) is 32.1 Å². The number of hydrogen-bond donors (Lipinski definition) is 1. The van der Waals surface area contributed by atoms with Crippen molar-refractivity contribution in [2.45, 2.75) is 12.5 Å². The summed E-state index contributed by atoms with van der Waals surface area (Å²) in [4.78, 5) is 6.47. The van der Waals surface area contributed by atoms with Crippen LogP contribution in [0.5, 0.6) is 0 Å². The average Bonchev–Trinajstić information content (AvgIpc) is 2.64. The van der Waals surface area contributed by atoms with Crippen molar-refractivity contribution in [3.05, 3.63) is 23.9 Å². The van der Waals surface area contributed by atoms with E-state index in [-0.39, 0.29) is 0 Å². The van der Waals surface area contributed by atoms with Gasteiger partial charge in [0.05, 0.1) is 0 Å². The highest BCUT2D eigenvalue weighted by Gasteiger charge is 2.19. The zero-order valence-corrected chi connectivity index (χ0v) is 8.77. The van der Waals surface area contributed by atoms with Crippen LogP contribution in [0.15, 0.2) is 18.2 Å². The fourth-order valence-corrected chi connectivity index (χ4v) is 1.84. The topological polar surface area (TPSA) is 52.0 Å². The normalized spacial score (nSPS) is 21.2. The molecular weight excluding hydrogens is 188 g/mol. The van der Waals surface area contributed by atoms with Crippen molar-refractivity contribution in [2.75, 3.05) is 25.5 Å². The van der Waals surface area contributed by atoms with E-state index in [2.05, 4.69) is 22.2 Å². The Labute approximate surface area is 89.5 Å². The smallest absolute Gasteiger partial charge is 0.142 e. The lowest BCUT2D eigenvalue weighted by Crippen LogP contribution is -2.24. The number of likely N-dealkylation sites (tertiary alicyclic amines) is 1. The summed E-state index contributed by atoms with van der Waals surface area (Å²) in [5, 5.41) is 12.1. The summed E-state index contributed by atoms with van der Waals surface area (Å²) in [5.41, 5.74) is 0.464. The molecular formula is C11H14N4. The van der Waals surface area contributed by atoms with Crippen LogP contribution in [0.1, 0.15) is 12.1 Å². The number of aromatic nitrogens is 1. The van der Waals surface area contributed by atoms with Crippen LogP contribution in [0.2, 0.25) is 0 Å². The molecule has 0 radical (unpaired) electrons. The molecule has 4 heteroatoms. The first kappa shape index (κ1) is 9.94. The van der Waals surface area contributed by atoms with E-state index in [1.807, 2.05) is 18.2 Å². The van der Waals surface area contributed by atoms with E-state index >= 15 is 0 Å². The van der Waals surface area contributed by atoms with Gasteiger partial charge in [0, 0.05) is 12.6 Å². The highest BCUT2D eigenvalue weighted by molar-refractivity contribution is 5.39. The molecule has 1 atom stereocenters. The number of nitriles is 1. The van der Waals surface area contributed by atoms with Crippen LogP contribution < -0.4 is 5.32 Å². The highest BCUT2D eigenvalue weighted by atomic mass is 15.2. The first-order chi connectivity index (χ1) is 7.28. The van der Waals surface area contributed by atoms with E-state index in [4.69, 9.17) is 5.26 Å². The molecule has 0 saturated carbocycles. The highest BCUT2D eigenvalue weighted by Crippen LogP contribution is 2.12. The van der Waals surface area contributed by atoms with Crippen molar-refractivity contribution in [2.24, 2.45) is 0 Å². The molecule has 0 amide bonds. The maximum absolute atomic E-state index is 8.72. The lowest BCUT2D eigenvalue weighted by molar-refractivity contribution is 0.414. The Morgan fingerprint density at radius 1 is 1.60 bits per heavy atom. The molecule has 0 aromatic carbocycles. The van der Waals surface area contributed by atoms with Crippen LogP contribution in [0.3, 0.4) is 0 Å².